The molecule has 0 aromatic heterocycles. The Kier molecular flexibility index (Phi) is 22.5. The molecular formula is C47H54Cl2N4O16S4. The highest BCUT2D eigenvalue weighted by atomic mass is 35.5. The number of nitrogens with two attached hydrogens (primary N) is 1. The van der Waals surface area contributed by atoms with Crippen molar-refractivity contribution in [1.29, 1.82) is 0 Å². The van der Waals surface area contributed by atoms with Gasteiger partial charge in [0.25, 0.3) is 17.7 Å². The molecule has 0 aliphatic heterocycles. The summed E-state index contributed by atoms with van der Waals surface area (Å²) in [5, 5.41) is 51.0. The third-order valence-corrected chi connectivity index (χ3v) is 15.8. The van der Waals surface area contributed by atoms with Crippen LogP contribution in [-0.2, 0) is 34.0 Å². The van der Waals surface area contributed by atoms with Crippen LogP contribution >= 0.6 is 59.4 Å². The van der Waals surface area contributed by atoms with Gasteiger partial charge < -0.3 is 40.2 Å². The molecule has 0 unspecified atom stereocenters. The lowest BCUT2D eigenvalue weighted by molar-refractivity contribution is -0.139. The number of rotatable bonds is 16. The van der Waals surface area contributed by atoms with Crippen molar-refractivity contribution in [1.82, 2.24) is 14.7 Å². The summed E-state index contributed by atoms with van der Waals surface area (Å²) in [7, 11) is -4.22. The highest BCUT2D eigenvalue weighted by Gasteiger charge is 2.35. The number of nitrogens with zero attached hydrogens (tertiary/aromatic N) is 3. The Balaban J connectivity index is 0.000000239. The average Bonchev–Trinajstić information content (AvgIpc) is 4.13. The first-order chi connectivity index (χ1) is 34.2. The van der Waals surface area contributed by atoms with Gasteiger partial charge in [-0.2, -0.15) is 0 Å². The number of amides is 3. The number of hydrogen-bond donors (Lipinski definition) is 7. The molecule has 3 aliphatic carbocycles. The minimum Gasteiger partial charge on any atom is -0.507 e. The molecule has 0 spiro atoms. The Morgan fingerprint density at radius 1 is 0.603 bits per heavy atom. The van der Waals surface area contributed by atoms with Crippen molar-refractivity contribution >= 4 is 121 Å². The van der Waals surface area contributed by atoms with Gasteiger partial charge in [0.05, 0.1) is 32.3 Å². The number of carboxylic acid groups (broad SMARTS) is 4. The summed E-state index contributed by atoms with van der Waals surface area (Å²) in [6, 6.07) is 8.31. The quantitative estimate of drug-likeness (QED) is 0.0543. The van der Waals surface area contributed by atoms with Gasteiger partial charge in [0.15, 0.2) is 10.2 Å². The van der Waals surface area contributed by atoms with Gasteiger partial charge in [0.2, 0.25) is 10.0 Å². The summed E-state index contributed by atoms with van der Waals surface area (Å²) in [5.41, 5.74) is -0.193. The predicted molar refractivity (Wildman–Crippen MR) is 272 cm³/mol. The van der Waals surface area contributed by atoms with E-state index < -0.39 is 76.2 Å². The second-order valence-corrected chi connectivity index (χ2v) is 22.3. The van der Waals surface area contributed by atoms with Crippen LogP contribution in [0.1, 0.15) is 132 Å². The van der Waals surface area contributed by atoms with E-state index in [2.05, 4.69) is 12.6 Å². The SMILES string of the molecule is CC(=O)Sc1cc(Cl)c(S(N)(=O)=O)cc1C(=O)N(CC(=O)O)C1CCCC1.CC(=O)Sc1ccc(C(=O)O)cc1C(=O)N(CC(=O)O)C1CCCC1.O=C(O)CN(C(=O)c1c(O)ccc(Cl)c1S)C1CCCC1. The van der Waals surface area contributed by atoms with Gasteiger partial charge in [-0.1, -0.05) is 85.3 Å². The maximum atomic E-state index is 13.1. The molecule has 0 radical (unpaired) electrons. The molecule has 7 N–H and O–H groups in total. The molecule has 73 heavy (non-hydrogen) atoms. The minimum absolute atomic E-state index is 0.0426. The number of primary sulfonamides is 1. The van der Waals surface area contributed by atoms with Gasteiger partial charge in [-0.05, 0) is 81.0 Å². The fourth-order valence-electron chi connectivity index (χ4n) is 8.64. The smallest absolute Gasteiger partial charge is 0.335 e. The number of aromatic carboxylic acids is 1. The molecule has 0 saturated heterocycles. The Hall–Kier alpha value is -5.37. The molecule has 3 aliphatic rings. The topological polar surface area (TPSA) is 325 Å². The number of halogens is 2. The van der Waals surface area contributed by atoms with Gasteiger partial charge in [0, 0.05) is 46.7 Å². The predicted octanol–water partition coefficient (Wildman–Crippen LogP) is 7.39. The van der Waals surface area contributed by atoms with E-state index in [1.807, 2.05) is 0 Å². The molecule has 3 fully saturated rings. The van der Waals surface area contributed by atoms with Crippen molar-refractivity contribution in [2.45, 2.75) is 129 Å². The summed E-state index contributed by atoms with van der Waals surface area (Å²) in [5.74, 6) is -6.61. The van der Waals surface area contributed by atoms with Crippen LogP contribution in [0.2, 0.25) is 10.0 Å². The monoisotopic (exact) mass is 1130 g/mol. The number of aliphatic carboxylic acids is 3. The summed E-state index contributed by atoms with van der Waals surface area (Å²) >= 11 is 17.6. The van der Waals surface area contributed by atoms with Crippen LogP contribution in [0.15, 0.2) is 62.0 Å². The number of phenolic OH excluding ortho intramolecular Hbond substituents is 1. The van der Waals surface area contributed by atoms with Gasteiger partial charge in [-0.25, -0.2) is 18.4 Å². The van der Waals surface area contributed by atoms with Crippen molar-refractivity contribution in [2.75, 3.05) is 19.6 Å². The van der Waals surface area contributed by atoms with E-state index in [0.717, 1.165) is 69.2 Å². The number of sulfonamides is 1. The number of benzene rings is 3. The fourth-order valence-corrected chi connectivity index (χ4v) is 11.7. The Labute approximate surface area is 444 Å². The lowest BCUT2D eigenvalue weighted by atomic mass is 10.1. The summed E-state index contributed by atoms with van der Waals surface area (Å²) in [6.45, 7) is 1.25. The van der Waals surface area contributed by atoms with Crippen LogP contribution in [0.4, 0.5) is 0 Å². The maximum absolute atomic E-state index is 13.1. The summed E-state index contributed by atoms with van der Waals surface area (Å²) in [4.78, 5) is 110. The van der Waals surface area contributed by atoms with Crippen molar-refractivity contribution < 1.29 is 77.1 Å². The first-order valence-corrected chi connectivity index (χ1v) is 27.0. The van der Waals surface area contributed by atoms with E-state index in [9.17, 15) is 61.8 Å². The third-order valence-electron chi connectivity index (χ3n) is 11.9. The van der Waals surface area contributed by atoms with Crippen LogP contribution in [0.3, 0.4) is 0 Å². The fraction of sp³-hybridized carbons (Fsp3) is 0.426. The molecule has 3 aromatic rings. The van der Waals surface area contributed by atoms with Gasteiger partial charge in [0.1, 0.15) is 30.3 Å². The van der Waals surface area contributed by atoms with E-state index in [1.165, 1.54) is 64.9 Å². The lowest BCUT2D eigenvalue weighted by Gasteiger charge is -2.28. The van der Waals surface area contributed by atoms with Crippen LogP contribution in [0.5, 0.6) is 5.75 Å². The van der Waals surface area contributed by atoms with Crippen LogP contribution < -0.4 is 5.14 Å². The van der Waals surface area contributed by atoms with E-state index in [-0.39, 0.29) is 76.2 Å². The number of carboxylic acids is 4. The second kappa shape index (κ2) is 27.2. The third kappa shape index (κ3) is 17.1. The zero-order chi connectivity index (χ0) is 54.5. The number of aromatic hydroxyl groups is 1. The minimum atomic E-state index is -4.22. The molecule has 3 saturated carbocycles. The number of carbonyl (C=O) groups excluding carboxylic acids is 5. The Morgan fingerprint density at radius 2 is 1.00 bits per heavy atom. The first kappa shape index (κ1) is 60.2. The average molecular weight is 1130 g/mol. The van der Waals surface area contributed by atoms with Crippen LogP contribution in [0.25, 0.3) is 0 Å². The number of phenols is 1. The molecule has 0 bridgehead atoms. The Bertz CT molecular complexity index is 2740. The highest BCUT2D eigenvalue weighted by molar-refractivity contribution is 8.14. The van der Waals surface area contributed by atoms with Crippen molar-refractivity contribution in [3.8, 4) is 5.75 Å². The van der Waals surface area contributed by atoms with E-state index in [4.69, 9.17) is 43.7 Å². The van der Waals surface area contributed by atoms with Gasteiger partial charge in [-0.15, -0.1) is 12.6 Å². The first-order valence-electron chi connectivity index (χ1n) is 22.6. The number of carbonyl (C=O) groups is 9. The molecule has 0 heterocycles. The van der Waals surface area contributed by atoms with Gasteiger partial charge >= 0.3 is 23.9 Å². The van der Waals surface area contributed by atoms with Crippen molar-refractivity contribution in [3.05, 3.63) is 74.8 Å². The van der Waals surface area contributed by atoms with Crippen LogP contribution in [-0.4, -0.2) is 138 Å². The Morgan fingerprint density at radius 3 is 1.38 bits per heavy atom. The molecule has 396 valence electrons. The van der Waals surface area contributed by atoms with Crippen molar-refractivity contribution in [2.24, 2.45) is 5.14 Å². The van der Waals surface area contributed by atoms with Crippen molar-refractivity contribution in [3.63, 3.8) is 0 Å². The zero-order valence-corrected chi connectivity index (χ0v) is 44.3. The second-order valence-electron chi connectivity index (χ2n) is 17.1. The van der Waals surface area contributed by atoms with E-state index in [1.54, 1.807) is 0 Å². The molecule has 20 nitrogen and oxygen atoms in total. The van der Waals surface area contributed by atoms with E-state index >= 15 is 0 Å². The zero-order valence-electron chi connectivity index (χ0n) is 39.5. The molecule has 6 rings (SSSR count). The number of thioether (sulfide) groups is 2. The molecule has 3 aromatic carbocycles. The maximum Gasteiger partial charge on any atom is 0.335 e. The molecule has 3 amide bonds. The summed E-state index contributed by atoms with van der Waals surface area (Å²) in [6.07, 6.45) is 9.76. The van der Waals surface area contributed by atoms with Crippen LogP contribution in [0, 0.1) is 0 Å². The lowest BCUT2D eigenvalue weighted by Crippen LogP contribution is -2.42. The largest absolute Gasteiger partial charge is 0.507 e. The number of thiol groups is 1. The molecular weight excluding hydrogens is 1080 g/mol. The van der Waals surface area contributed by atoms with E-state index in [0.29, 0.717) is 42.3 Å². The molecule has 26 heteroatoms. The highest BCUT2D eigenvalue weighted by Crippen LogP contribution is 2.36. The normalized spacial score (nSPS) is 14.8. The number of hydrogen-bond acceptors (Lipinski definition) is 15. The standard InChI is InChI=1S/C17H19NO6S.C16H19ClN2O6S2.C14H16ClNO4S/c1-10(19)25-14-7-6-11(17(23)24)8-13(14)16(22)18(9-15(20)21)12-4-2-3-5-12;1-9(20)26-13-7-12(17)14(27(18,24)25)6-11(13)16(23)19(8-15(21)22)10-4-2-3-5-10;15-9-5-6-10(17)12(13(9)21)14(20)16(7-11(18)19)8-3-1-2-4-8/h6-8,12H,2-5,9H2,1H3,(H,20,21)(H,23,24);6-7,10H,2-5,8H2,1H3,(H,21,22)(H2,18,24,25);5-6,8,17,21H,1-4,7H2,(H,18,19). The summed E-state index contributed by atoms with van der Waals surface area (Å²) < 4.78 is 23.5. The van der Waals surface area contributed by atoms with Gasteiger partial charge in [-0.3, -0.25) is 38.4 Å². The molecule has 0 atom stereocenters.